The number of carboxylic acid groups (broad SMARTS) is 2. The van der Waals surface area contributed by atoms with Crippen LogP contribution in [0.2, 0.25) is 0 Å². The second kappa shape index (κ2) is 18.1. The first kappa shape index (κ1) is 35.7. The average molecular weight is 602 g/mol. The van der Waals surface area contributed by atoms with Gasteiger partial charge in [0.15, 0.2) is 0 Å². The molecule has 1 rings (SSSR count). The quantitative estimate of drug-likeness (QED) is 0.0961. The minimum absolute atomic E-state index is 0.0827. The Balaban J connectivity index is 3.15. The van der Waals surface area contributed by atoms with Crippen molar-refractivity contribution in [1.82, 2.24) is 21.3 Å². The molecule has 15 heteroatoms. The predicted octanol–water partition coefficient (Wildman–Crippen LogP) is -0.303. The molecule has 14 nitrogen and oxygen atoms in total. The summed E-state index contributed by atoms with van der Waals surface area (Å²) in [6, 6.07) is -4.78. The van der Waals surface area contributed by atoms with Gasteiger partial charge >= 0.3 is 11.9 Å². The van der Waals surface area contributed by atoms with Crippen LogP contribution in [0.3, 0.4) is 0 Å². The minimum Gasteiger partial charge on any atom is -0.481 e. The van der Waals surface area contributed by atoms with Crippen LogP contribution in [0.5, 0.6) is 0 Å². The van der Waals surface area contributed by atoms with Crippen LogP contribution in [0.4, 0.5) is 0 Å². The van der Waals surface area contributed by atoms with Gasteiger partial charge in [0.1, 0.15) is 24.2 Å². The van der Waals surface area contributed by atoms with Gasteiger partial charge in [-0.3, -0.25) is 28.8 Å². The molecule has 232 valence electrons. The molecule has 0 aromatic heterocycles. The molecule has 0 aliphatic heterocycles. The van der Waals surface area contributed by atoms with E-state index in [2.05, 4.69) is 33.9 Å². The number of carbonyl (C=O) groups is 7. The summed E-state index contributed by atoms with van der Waals surface area (Å²) in [7, 11) is 0. The molecule has 0 bridgehead atoms. The maximum absolute atomic E-state index is 13.4. The van der Waals surface area contributed by atoms with Crippen molar-refractivity contribution in [2.75, 3.05) is 5.75 Å². The molecule has 1 aliphatic carbocycles. The predicted molar refractivity (Wildman–Crippen MR) is 151 cm³/mol. The van der Waals surface area contributed by atoms with Crippen LogP contribution in [-0.2, 0) is 33.6 Å². The molecule has 0 saturated heterocycles. The minimum atomic E-state index is -1.31. The normalized spacial score (nSPS) is 16.5. The smallest absolute Gasteiger partial charge is 0.327 e. The first-order valence-electron chi connectivity index (χ1n) is 13.8. The number of carboxylic acids is 2. The molecule has 0 aromatic rings. The molecule has 1 fully saturated rings. The number of aliphatic carboxylic acids is 2. The van der Waals surface area contributed by atoms with Gasteiger partial charge in [-0.2, -0.15) is 12.6 Å². The van der Waals surface area contributed by atoms with E-state index in [1.165, 1.54) is 0 Å². The summed E-state index contributed by atoms with van der Waals surface area (Å²) in [4.78, 5) is 85.8. The Hall–Kier alpha value is -3.36. The van der Waals surface area contributed by atoms with Crippen molar-refractivity contribution in [2.45, 2.75) is 102 Å². The summed E-state index contributed by atoms with van der Waals surface area (Å²) >= 11 is 3.93. The highest BCUT2D eigenvalue weighted by atomic mass is 32.1. The van der Waals surface area contributed by atoms with Gasteiger partial charge in [-0.15, -0.1) is 0 Å². The van der Waals surface area contributed by atoms with Crippen molar-refractivity contribution in [3.05, 3.63) is 0 Å². The van der Waals surface area contributed by atoms with E-state index in [1.54, 1.807) is 13.8 Å². The van der Waals surface area contributed by atoms with E-state index in [9.17, 15) is 38.7 Å². The Morgan fingerprint density at radius 3 is 1.85 bits per heavy atom. The highest BCUT2D eigenvalue weighted by Gasteiger charge is 2.35. The van der Waals surface area contributed by atoms with Crippen LogP contribution in [0, 0.1) is 11.8 Å². The SMILES string of the molecule is CC(C)C[C@H](NC(=O)[C@H](CCC(N)=O)NC(=O)[C@@H](NC(=O)CCC(=O)O)C1CCCCC1)C(=O)N[C@@H](CS)C(=O)O. The van der Waals surface area contributed by atoms with Crippen LogP contribution in [0.25, 0.3) is 0 Å². The zero-order chi connectivity index (χ0) is 31.1. The molecule has 4 atom stereocenters. The Bertz CT molecular complexity index is 956. The molecule has 0 radical (unpaired) electrons. The maximum Gasteiger partial charge on any atom is 0.327 e. The number of nitrogens with one attached hydrogen (secondary N) is 4. The highest BCUT2D eigenvalue weighted by Crippen LogP contribution is 2.27. The topological polar surface area (TPSA) is 234 Å². The Morgan fingerprint density at radius 2 is 1.34 bits per heavy atom. The van der Waals surface area contributed by atoms with Gasteiger partial charge in [0.05, 0.1) is 6.42 Å². The van der Waals surface area contributed by atoms with E-state index < -0.39 is 72.1 Å². The lowest BCUT2D eigenvalue weighted by Gasteiger charge is -2.31. The number of hydrogen-bond acceptors (Lipinski definition) is 8. The van der Waals surface area contributed by atoms with Gasteiger partial charge in [-0.1, -0.05) is 33.1 Å². The van der Waals surface area contributed by atoms with Crippen molar-refractivity contribution >= 4 is 54.1 Å². The standard InChI is InChI=1S/C26H43N5O9S/c1-14(2)12-17(24(37)30-18(13-41)26(39)40)29-23(36)16(8-9-19(27)32)28-25(38)22(15-6-4-3-5-7-15)31-20(33)10-11-21(34)35/h14-18,22,41H,3-13H2,1-2H3,(H2,27,32)(H,28,38)(H,29,36)(H,30,37)(H,31,33)(H,34,35)(H,39,40)/t16-,17-,18-,22-/m0/s1. The van der Waals surface area contributed by atoms with E-state index in [-0.39, 0.29) is 43.3 Å². The van der Waals surface area contributed by atoms with Crippen LogP contribution in [-0.4, -0.2) is 81.6 Å². The van der Waals surface area contributed by atoms with Crippen molar-refractivity contribution in [2.24, 2.45) is 17.6 Å². The number of carbonyl (C=O) groups excluding carboxylic acids is 5. The van der Waals surface area contributed by atoms with Crippen molar-refractivity contribution in [3.63, 3.8) is 0 Å². The zero-order valence-corrected chi connectivity index (χ0v) is 24.4. The van der Waals surface area contributed by atoms with Crippen LogP contribution in [0.15, 0.2) is 0 Å². The number of primary amides is 1. The van der Waals surface area contributed by atoms with E-state index >= 15 is 0 Å². The van der Waals surface area contributed by atoms with Gasteiger partial charge < -0.3 is 37.2 Å². The molecule has 41 heavy (non-hydrogen) atoms. The zero-order valence-electron chi connectivity index (χ0n) is 23.5. The third-order valence-electron chi connectivity index (χ3n) is 6.74. The van der Waals surface area contributed by atoms with Crippen molar-refractivity contribution in [3.8, 4) is 0 Å². The Labute approximate surface area is 244 Å². The molecule has 0 aromatic carbocycles. The summed E-state index contributed by atoms with van der Waals surface area (Å²) in [5.74, 6) is -6.54. The Kier molecular flexibility index (Phi) is 15.8. The lowest BCUT2D eigenvalue weighted by Crippen LogP contribution is -2.59. The second-order valence-corrected chi connectivity index (χ2v) is 11.0. The van der Waals surface area contributed by atoms with Gasteiger partial charge in [0.2, 0.25) is 29.5 Å². The van der Waals surface area contributed by atoms with E-state index in [0.29, 0.717) is 12.8 Å². The Morgan fingerprint density at radius 1 is 0.780 bits per heavy atom. The highest BCUT2D eigenvalue weighted by molar-refractivity contribution is 7.80. The largest absolute Gasteiger partial charge is 0.481 e. The van der Waals surface area contributed by atoms with Crippen molar-refractivity contribution < 1.29 is 43.8 Å². The lowest BCUT2D eigenvalue weighted by atomic mass is 9.83. The molecule has 0 spiro atoms. The number of rotatable bonds is 18. The van der Waals surface area contributed by atoms with Gasteiger partial charge in [-0.05, 0) is 37.5 Å². The summed E-state index contributed by atoms with van der Waals surface area (Å²) in [5, 5.41) is 28.2. The fraction of sp³-hybridized carbons (Fsp3) is 0.731. The number of hydrogen-bond donors (Lipinski definition) is 8. The molecule has 0 unspecified atom stereocenters. The van der Waals surface area contributed by atoms with Crippen LogP contribution in [0.1, 0.15) is 78.1 Å². The first-order valence-corrected chi connectivity index (χ1v) is 14.4. The van der Waals surface area contributed by atoms with Crippen molar-refractivity contribution in [1.29, 1.82) is 0 Å². The molecule has 1 aliphatic rings. The molecule has 8 N–H and O–H groups in total. The fourth-order valence-corrected chi connectivity index (χ4v) is 4.83. The summed E-state index contributed by atoms with van der Waals surface area (Å²) in [6.45, 7) is 3.60. The molecule has 1 saturated carbocycles. The first-order chi connectivity index (χ1) is 19.2. The average Bonchev–Trinajstić information content (AvgIpc) is 2.90. The van der Waals surface area contributed by atoms with E-state index in [4.69, 9.17) is 10.8 Å². The molecule has 5 amide bonds. The number of amides is 5. The molecular formula is C26H43N5O9S. The van der Waals surface area contributed by atoms with E-state index in [1.807, 2.05) is 0 Å². The third-order valence-corrected chi connectivity index (χ3v) is 7.10. The van der Waals surface area contributed by atoms with Crippen LogP contribution >= 0.6 is 12.6 Å². The number of thiol groups is 1. The van der Waals surface area contributed by atoms with Crippen LogP contribution < -0.4 is 27.0 Å². The maximum atomic E-state index is 13.4. The molecule has 0 heterocycles. The lowest BCUT2D eigenvalue weighted by molar-refractivity contribution is -0.142. The third kappa shape index (κ3) is 13.7. The number of nitrogens with two attached hydrogens (primary N) is 1. The second-order valence-electron chi connectivity index (χ2n) is 10.7. The van der Waals surface area contributed by atoms with E-state index in [0.717, 1.165) is 19.3 Å². The summed E-state index contributed by atoms with van der Waals surface area (Å²) in [5.41, 5.74) is 5.27. The van der Waals surface area contributed by atoms with Gasteiger partial charge in [0, 0.05) is 18.6 Å². The fourth-order valence-electron chi connectivity index (χ4n) is 4.58. The molecular weight excluding hydrogens is 558 g/mol. The summed E-state index contributed by atoms with van der Waals surface area (Å²) in [6.07, 6.45) is 2.87. The van der Waals surface area contributed by atoms with Gasteiger partial charge in [0.25, 0.3) is 0 Å². The monoisotopic (exact) mass is 601 g/mol. The summed E-state index contributed by atoms with van der Waals surface area (Å²) < 4.78 is 0. The van der Waals surface area contributed by atoms with Gasteiger partial charge in [-0.25, -0.2) is 4.79 Å².